The number of benzene rings is 1. The minimum absolute atomic E-state index is 0.820. The maximum Gasteiger partial charge on any atom is 0.140 e. The highest BCUT2D eigenvalue weighted by Gasteiger charge is 2.20. The lowest BCUT2D eigenvalue weighted by Crippen LogP contribution is -2.32. The molecule has 34 heavy (non-hydrogen) atoms. The van der Waals surface area contributed by atoms with Gasteiger partial charge in [-0.15, -0.1) is 0 Å². The van der Waals surface area contributed by atoms with Crippen LogP contribution in [-0.4, -0.2) is 66.8 Å². The molecule has 0 aliphatic rings. The highest BCUT2D eigenvalue weighted by atomic mass is 16.5. The molecule has 0 atom stereocenters. The van der Waals surface area contributed by atoms with Crippen molar-refractivity contribution in [1.82, 2.24) is 19.4 Å². The number of hydrogen-bond donors (Lipinski definition) is 0. The first-order valence-corrected chi connectivity index (χ1v) is 12.9. The third-order valence-electron chi connectivity index (χ3n) is 6.10. The van der Waals surface area contributed by atoms with Crippen molar-refractivity contribution < 1.29 is 4.74 Å². The fourth-order valence-electron chi connectivity index (χ4n) is 4.02. The van der Waals surface area contributed by atoms with Crippen molar-refractivity contribution in [3.8, 4) is 11.4 Å². The van der Waals surface area contributed by atoms with Crippen LogP contribution >= 0.6 is 0 Å². The number of nitrogens with zero attached hydrogens (tertiary/aromatic N) is 4. The number of rotatable bonds is 16. The quantitative estimate of drug-likeness (QED) is 0.220. The highest BCUT2D eigenvalue weighted by Crippen LogP contribution is 2.28. The van der Waals surface area contributed by atoms with Crippen LogP contribution < -0.4 is 0 Å². The lowest BCUT2D eigenvalue weighted by Gasteiger charge is -2.23. The third-order valence-corrected chi connectivity index (χ3v) is 6.10. The van der Waals surface area contributed by atoms with E-state index in [4.69, 9.17) is 9.72 Å². The molecule has 0 fully saturated rings. The summed E-state index contributed by atoms with van der Waals surface area (Å²) < 4.78 is 7.66. The van der Waals surface area contributed by atoms with Gasteiger partial charge in [0.1, 0.15) is 5.82 Å². The van der Waals surface area contributed by atoms with Crippen LogP contribution in [0, 0.1) is 0 Å². The molecule has 0 saturated carbocycles. The molecule has 2 aromatic rings. The van der Waals surface area contributed by atoms with Crippen molar-refractivity contribution in [2.24, 2.45) is 0 Å². The third kappa shape index (κ3) is 8.86. The van der Waals surface area contributed by atoms with Crippen LogP contribution in [-0.2, 0) is 17.8 Å². The lowest BCUT2D eigenvalue weighted by atomic mass is 10.1. The van der Waals surface area contributed by atoms with Crippen LogP contribution in [0.4, 0.5) is 0 Å². The Morgan fingerprint density at radius 2 is 1.76 bits per heavy atom. The Labute approximate surface area is 208 Å². The molecule has 0 aliphatic carbocycles. The molecule has 2 rings (SSSR count). The Kier molecular flexibility index (Phi) is 12.9. The Bertz CT molecular complexity index is 885. The zero-order chi connectivity index (χ0) is 24.8. The largest absolute Gasteiger partial charge is 0.385 e. The molecular formula is C29H46N4O. The molecule has 0 unspecified atom stereocenters. The van der Waals surface area contributed by atoms with Gasteiger partial charge in [0.15, 0.2) is 0 Å². The zero-order valence-corrected chi connectivity index (χ0v) is 22.4. The molecule has 188 valence electrons. The molecule has 1 aromatic heterocycles. The van der Waals surface area contributed by atoms with Gasteiger partial charge >= 0.3 is 0 Å². The van der Waals surface area contributed by atoms with Gasteiger partial charge in [0, 0.05) is 52.0 Å². The van der Waals surface area contributed by atoms with Gasteiger partial charge in [-0.05, 0) is 45.9 Å². The summed E-state index contributed by atoms with van der Waals surface area (Å²) >= 11 is 0. The van der Waals surface area contributed by atoms with Gasteiger partial charge in [0.25, 0.3) is 0 Å². The zero-order valence-electron chi connectivity index (χ0n) is 22.4. The second-order valence-electron chi connectivity index (χ2n) is 9.18. The van der Waals surface area contributed by atoms with Crippen LogP contribution in [0.25, 0.3) is 17.0 Å². The normalized spacial score (nSPS) is 12.5. The van der Waals surface area contributed by atoms with Crippen molar-refractivity contribution in [2.45, 2.75) is 59.5 Å². The molecule has 0 radical (unpaired) electrons. The summed E-state index contributed by atoms with van der Waals surface area (Å²) in [5, 5.41) is 0. The van der Waals surface area contributed by atoms with Crippen molar-refractivity contribution >= 4 is 5.57 Å². The summed E-state index contributed by atoms with van der Waals surface area (Å²) in [5.74, 6) is 1.08. The Morgan fingerprint density at radius 3 is 2.44 bits per heavy atom. The molecule has 0 aliphatic heterocycles. The topological polar surface area (TPSA) is 33.5 Å². The van der Waals surface area contributed by atoms with E-state index in [0.29, 0.717) is 0 Å². The Balaban J connectivity index is 2.34. The molecule has 5 heteroatoms. The van der Waals surface area contributed by atoms with Gasteiger partial charge < -0.3 is 14.2 Å². The number of unbranched alkanes of at least 4 members (excludes halogenated alkanes) is 1. The predicted octanol–water partition coefficient (Wildman–Crippen LogP) is 6.12. The number of likely N-dealkylation sites (N-methyl/N-ethyl adjacent to an activating group) is 2. The van der Waals surface area contributed by atoms with Gasteiger partial charge in [-0.2, -0.15) is 0 Å². The monoisotopic (exact) mass is 466 g/mol. The van der Waals surface area contributed by atoms with E-state index >= 15 is 0 Å². The summed E-state index contributed by atoms with van der Waals surface area (Å²) in [4.78, 5) is 10.0. The highest BCUT2D eigenvalue weighted by molar-refractivity contribution is 5.68. The van der Waals surface area contributed by atoms with E-state index in [1.54, 1.807) is 7.11 Å². The number of allylic oxidation sites excluding steroid dienone is 4. The van der Waals surface area contributed by atoms with Crippen molar-refractivity contribution in [2.75, 3.05) is 47.4 Å². The molecule has 0 spiro atoms. The van der Waals surface area contributed by atoms with E-state index in [0.717, 1.165) is 76.5 Å². The minimum Gasteiger partial charge on any atom is -0.385 e. The van der Waals surface area contributed by atoms with Gasteiger partial charge in [-0.1, -0.05) is 68.8 Å². The summed E-state index contributed by atoms with van der Waals surface area (Å²) in [6, 6.07) is 10.6. The second-order valence-corrected chi connectivity index (χ2v) is 9.18. The fraction of sp³-hybridized carbons (Fsp3) is 0.552. The van der Waals surface area contributed by atoms with Gasteiger partial charge in [-0.3, -0.25) is 4.90 Å². The van der Waals surface area contributed by atoms with Crippen molar-refractivity contribution in [3.05, 3.63) is 59.9 Å². The van der Waals surface area contributed by atoms with E-state index < -0.39 is 0 Å². The van der Waals surface area contributed by atoms with Crippen molar-refractivity contribution in [1.29, 1.82) is 0 Å². The molecule has 1 aromatic carbocycles. The van der Waals surface area contributed by atoms with E-state index in [9.17, 15) is 0 Å². The Hall–Kier alpha value is -2.21. The molecule has 0 saturated heterocycles. The van der Waals surface area contributed by atoms with Crippen LogP contribution in [0.3, 0.4) is 0 Å². The fourth-order valence-corrected chi connectivity index (χ4v) is 4.02. The number of methoxy groups -OCH3 is 1. The second kappa shape index (κ2) is 15.6. The first kappa shape index (κ1) is 28.0. The summed E-state index contributed by atoms with van der Waals surface area (Å²) in [7, 11) is 6.19. The maximum absolute atomic E-state index is 5.22. The predicted molar refractivity (Wildman–Crippen MR) is 146 cm³/mol. The summed E-state index contributed by atoms with van der Waals surface area (Å²) in [6.07, 6.45) is 11.0. The van der Waals surface area contributed by atoms with Crippen LogP contribution in [0.5, 0.6) is 0 Å². The first-order chi connectivity index (χ1) is 16.5. The summed E-state index contributed by atoms with van der Waals surface area (Å²) in [6.45, 7) is 12.4. The smallest absolute Gasteiger partial charge is 0.140 e. The Morgan fingerprint density at radius 1 is 1.03 bits per heavy atom. The SMILES string of the molecule is CC/C=C\C=C(/C)c1nc(-c2ccccc2)n(CCCC)c1CN(C)CCN(C)CCCOC. The molecule has 5 nitrogen and oxygen atoms in total. The number of hydrogen-bond acceptors (Lipinski definition) is 4. The molecular weight excluding hydrogens is 420 g/mol. The standard InChI is InChI=1S/C29H46N4O/c1-7-9-12-16-25(3)28-27(24-32(5)22-21-31(4)19-15-23-34-6)33(20-10-8-2)29(30-28)26-17-13-11-14-18-26/h9,11-14,16-18H,7-8,10,15,19-24H2,1-6H3/b12-9-,25-16+. The number of aromatic nitrogens is 2. The molecule has 1 heterocycles. The first-order valence-electron chi connectivity index (χ1n) is 12.9. The number of ether oxygens (including phenoxy) is 1. The molecule has 0 amide bonds. The summed E-state index contributed by atoms with van der Waals surface area (Å²) in [5.41, 5.74) is 4.84. The minimum atomic E-state index is 0.820. The number of imidazole rings is 1. The average Bonchev–Trinajstić information content (AvgIpc) is 3.20. The van der Waals surface area contributed by atoms with Gasteiger partial charge in [-0.25, -0.2) is 4.98 Å². The molecule has 0 bridgehead atoms. The van der Waals surface area contributed by atoms with E-state index in [-0.39, 0.29) is 0 Å². The molecule has 0 N–H and O–H groups in total. The van der Waals surface area contributed by atoms with Crippen LogP contribution in [0.2, 0.25) is 0 Å². The lowest BCUT2D eigenvalue weighted by molar-refractivity contribution is 0.174. The average molecular weight is 467 g/mol. The van der Waals surface area contributed by atoms with E-state index in [2.05, 4.69) is 97.8 Å². The van der Waals surface area contributed by atoms with E-state index in [1.807, 2.05) is 0 Å². The van der Waals surface area contributed by atoms with Gasteiger partial charge in [0.2, 0.25) is 0 Å². The van der Waals surface area contributed by atoms with Gasteiger partial charge in [0.05, 0.1) is 11.4 Å². The van der Waals surface area contributed by atoms with E-state index in [1.165, 1.54) is 16.8 Å². The maximum atomic E-state index is 5.22. The van der Waals surface area contributed by atoms with Crippen molar-refractivity contribution in [3.63, 3.8) is 0 Å². The van der Waals surface area contributed by atoms with Crippen LogP contribution in [0.15, 0.2) is 48.6 Å². The van der Waals surface area contributed by atoms with Crippen LogP contribution in [0.1, 0.15) is 57.8 Å².